The van der Waals surface area contributed by atoms with Gasteiger partial charge in [0.2, 0.25) is 5.95 Å². The lowest BCUT2D eigenvalue weighted by molar-refractivity contribution is 0.0714. The number of anilines is 1. The van der Waals surface area contributed by atoms with Crippen molar-refractivity contribution in [2.75, 3.05) is 18.4 Å². The van der Waals surface area contributed by atoms with Gasteiger partial charge in [0.1, 0.15) is 0 Å². The van der Waals surface area contributed by atoms with Crippen LogP contribution in [0.15, 0.2) is 35.1 Å². The highest BCUT2D eigenvalue weighted by Crippen LogP contribution is 2.14. The molecule has 0 atom stereocenters. The second-order valence-corrected chi connectivity index (χ2v) is 6.93. The van der Waals surface area contributed by atoms with Crippen molar-refractivity contribution in [1.29, 1.82) is 0 Å². The number of aliphatic hydroxyl groups is 1. The molecule has 0 unspecified atom stereocenters. The van der Waals surface area contributed by atoms with E-state index in [1.165, 1.54) is 6.07 Å². The van der Waals surface area contributed by atoms with E-state index in [0.717, 1.165) is 5.56 Å². The lowest BCUT2D eigenvalue weighted by atomic mass is 9.98. The molecule has 1 aromatic carbocycles. The van der Waals surface area contributed by atoms with Gasteiger partial charge in [0.05, 0.1) is 5.60 Å². The van der Waals surface area contributed by atoms with Crippen LogP contribution in [0.5, 0.6) is 0 Å². The fraction of sp³-hybridized carbons (Fsp3) is 0.421. The second kappa shape index (κ2) is 8.62. The molecule has 0 bridgehead atoms. The molecule has 0 radical (unpaired) electrons. The molecule has 0 fully saturated rings. The standard InChI is InChI=1S/C19H26N4O3/c1-13-11-16(24)23-18(22-13)21-10-9-20-17(25)15-6-4-5-14(12-15)7-8-19(2,3)26/h4-6,11-12,26H,7-10H2,1-3H3,(H,20,25)(H2,21,22,23,24). The second-order valence-electron chi connectivity index (χ2n) is 6.93. The number of aromatic nitrogens is 2. The molecule has 0 aliphatic heterocycles. The van der Waals surface area contributed by atoms with Crippen LogP contribution in [-0.2, 0) is 6.42 Å². The maximum absolute atomic E-state index is 12.3. The predicted octanol–water partition coefficient (Wildman–Crippen LogP) is 1.62. The zero-order valence-corrected chi connectivity index (χ0v) is 15.4. The summed E-state index contributed by atoms with van der Waals surface area (Å²) in [6, 6.07) is 8.81. The first-order valence-corrected chi connectivity index (χ1v) is 8.64. The zero-order chi connectivity index (χ0) is 19.2. The molecule has 0 aliphatic rings. The molecule has 1 aromatic heterocycles. The fourth-order valence-corrected chi connectivity index (χ4v) is 2.44. The molecule has 140 valence electrons. The van der Waals surface area contributed by atoms with Crippen molar-refractivity contribution in [1.82, 2.24) is 15.3 Å². The maximum atomic E-state index is 12.3. The number of aromatic amines is 1. The molecule has 2 aromatic rings. The summed E-state index contributed by atoms with van der Waals surface area (Å²) in [4.78, 5) is 30.4. The number of carbonyl (C=O) groups excluding carboxylic acids is 1. The topological polar surface area (TPSA) is 107 Å². The van der Waals surface area contributed by atoms with Crippen molar-refractivity contribution >= 4 is 11.9 Å². The molecule has 0 saturated carbocycles. The number of hydrogen-bond donors (Lipinski definition) is 4. The van der Waals surface area contributed by atoms with Gasteiger partial charge < -0.3 is 15.7 Å². The number of H-pyrrole nitrogens is 1. The number of benzene rings is 1. The van der Waals surface area contributed by atoms with Crippen molar-refractivity contribution in [3.63, 3.8) is 0 Å². The summed E-state index contributed by atoms with van der Waals surface area (Å²) in [6.45, 7) is 6.12. The van der Waals surface area contributed by atoms with Crippen molar-refractivity contribution in [2.45, 2.75) is 39.2 Å². The van der Waals surface area contributed by atoms with Gasteiger partial charge in [0.25, 0.3) is 11.5 Å². The van der Waals surface area contributed by atoms with E-state index in [0.29, 0.717) is 43.1 Å². The van der Waals surface area contributed by atoms with Gasteiger partial charge in [-0.25, -0.2) is 4.98 Å². The first-order chi connectivity index (χ1) is 12.2. The highest BCUT2D eigenvalue weighted by Gasteiger charge is 2.13. The molecular formula is C19H26N4O3. The largest absolute Gasteiger partial charge is 0.390 e. The minimum Gasteiger partial charge on any atom is -0.390 e. The van der Waals surface area contributed by atoms with E-state index in [2.05, 4.69) is 20.6 Å². The fourth-order valence-electron chi connectivity index (χ4n) is 2.44. The van der Waals surface area contributed by atoms with Gasteiger partial charge >= 0.3 is 0 Å². The van der Waals surface area contributed by atoms with Crippen LogP contribution in [0.3, 0.4) is 0 Å². The molecule has 2 rings (SSSR count). The van der Waals surface area contributed by atoms with Crippen molar-refractivity contribution in [2.24, 2.45) is 0 Å². The first-order valence-electron chi connectivity index (χ1n) is 8.64. The molecule has 7 nitrogen and oxygen atoms in total. The van der Waals surface area contributed by atoms with Gasteiger partial charge in [0.15, 0.2) is 0 Å². The van der Waals surface area contributed by atoms with E-state index in [1.54, 1.807) is 26.8 Å². The Labute approximate surface area is 152 Å². The third-order valence-electron chi connectivity index (χ3n) is 3.79. The van der Waals surface area contributed by atoms with Crippen LogP contribution >= 0.6 is 0 Å². The summed E-state index contributed by atoms with van der Waals surface area (Å²) in [5.74, 6) is 0.223. The van der Waals surface area contributed by atoms with E-state index < -0.39 is 5.60 Å². The van der Waals surface area contributed by atoms with E-state index in [4.69, 9.17) is 0 Å². The van der Waals surface area contributed by atoms with Gasteiger partial charge in [-0.05, 0) is 51.3 Å². The number of amides is 1. The smallest absolute Gasteiger partial charge is 0.252 e. The number of nitrogens with one attached hydrogen (secondary N) is 3. The summed E-state index contributed by atoms with van der Waals surface area (Å²) in [5, 5.41) is 15.6. The Morgan fingerprint density at radius 2 is 2.04 bits per heavy atom. The van der Waals surface area contributed by atoms with E-state index in [1.807, 2.05) is 18.2 Å². The van der Waals surface area contributed by atoms with Gasteiger partial charge in [-0.2, -0.15) is 0 Å². The summed E-state index contributed by atoms with van der Waals surface area (Å²) in [6.07, 6.45) is 1.34. The quantitative estimate of drug-likeness (QED) is 0.537. The summed E-state index contributed by atoms with van der Waals surface area (Å²) in [5.41, 5.74) is 1.28. The number of rotatable bonds is 8. The van der Waals surface area contributed by atoms with Crippen LogP contribution in [0, 0.1) is 6.92 Å². The highest BCUT2D eigenvalue weighted by atomic mass is 16.3. The zero-order valence-electron chi connectivity index (χ0n) is 15.4. The number of aryl methyl sites for hydroxylation is 2. The van der Waals surface area contributed by atoms with Crippen molar-refractivity contribution < 1.29 is 9.90 Å². The Bertz CT molecular complexity index is 809. The Balaban J connectivity index is 1.83. The van der Waals surface area contributed by atoms with Crippen LogP contribution in [0.1, 0.15) is 41.9 Å². The van der Waals surface area contributed by atoms with Gasteiger partial charge in [-0.3, -0.25) is 14.6 Å². The first kappa shape index (κ1) is 19.7. The lowest BCUT2D eigenvalue weighted by Gasteiger charge is -2.16. The number of nitrogens with zero attached hydrogens (tertiary/aromatic N) is 1. The Morgan fingerprint density at radius 3 is 2.73 bits per heavy atom. The van der Waals surface area contributed by atoms with Crippen LogP contribution in [0.25, 0.3) is 0 Å². The Kier molecular flexibility index (Phi) is 6.52. The number of carbonyl (C=O) groups is 1. The van der Waals surface area contributed by atoms with E-state index >= 15 is 0 Å². The molecular weight excluding hydrogens is 332 g/mol. The molecule has 1 amide bonds. The maximum Gasteiger partial charge on any atom is 0.252 e. The SMILES string of the molecule is Cc1cc(=O)[nH]c(NCCNC(=O)c2cccc(CCC(C)(C)O)c2)n1. The molecule has 26 heavy (non-hydrogen) atoms. The molecule has 0 spiro atoms. The molecule has 7 heteroatoms. The normalized spacial score (nSPS) is 11.2. The van der Waals surface area contributed by atoms with Crippen LogP contribution in [-0.4, -0.2) is 39.7 Å². The minimum atomic E-state index is -0.727. The third kappa shape index (κ3) is 6.68. The predicted molar refractivity (Wildman–Crippen MR) is 101 cm³/mol. The van der Waals surface area contributed by atoms with Gasteiger partial charge in [-0.1, -0.05) is 12.1 Å². The molecule has 0 saturated heterocycles. The Hall–Kier alpha value is -2.67. The summed E-state index contributed by atoms with van der Waals surface area (Å²) < 4.78 is 0. The highest BCUT2D eigenvalue weighted by molar-refractivity contribution is 5.94. The van der Waals surface area contributed by atoms with Crippen molar-refractivity contribution in [3.8, 4) is 0 Å². The van der Waals surface area contributed by atoms with Crippen LogP contribution < -0.4 is 16.2 Å². The van der Waals surface area contributed by atoms with E-state index in [-0.39, 0.29) is 11.5 Å². The van der Waals surface area contributed by atoms with Gasteiger partial charge in [0, 0.05) is 30.4 Å². The van der Waals surface area contributed by atoms with Crippen molar-refractivity contribution in [3.05, 3.63) is 57.5 Å². The summed E-state index contributed by atoms with van der Waals surface area (Å²) in [7, 11) is 0. The molecule has 4 N–H and O–H groups in total. The lowest BCUT2D eigenvalue weighted by Crippen LogP contribution is -2.29. The van der Waals surface area contributed by atoms with Crippen LogP contribution in [0.2, 0.25) is 0 Å². The van der Waals surface area contributed by atoms with Gasteiger partial charge in [-0.15, -0.1) is 0 Å². The summed E-state index contributed by atoms with van der Waals surface area (Å²) >= 11 is 0. The third-order valence-corrected chi connectivity index (χ3v) is 3.79. The molecule has 1 heterocycles. The molecule has 0 aliphatic carbocycles. The monoisotopic (exact) mass is 358 g/mol. The van der Waals surface area contributed by atoms with Crippen LogP contribution in [0.4, 0.5) is 5.95 Å². The average molecular weight is 358 g/mol. The Morgan fingerprint density at radius 1 is 1.27 bits per heavy atom. The average Bonchev–Trinajstić information content (AvgIpc) is 2.55. The van der Waals surface area contributed by atoms with E-state index in [9.17, 15) is 14.7 Å². The minimum absolute atomic E-state index is 0.164. The number of hydrogen-bond acceptors (Lipinski definition) is 5.